The molecule has 1 aliphatic carbocycles. The highest BCUT2D eigenvalue weighted by atomic mass is 32.2. The van der Waals surface area contributed by atoms with Crippen molar-refractivity contribution in [2.75, 3.05) is 11.1 Å². The van der Waals surface area contributed by atoms with Gasteiger partial charge in [0.15, 0.2) is 0 Å². The number of nitrogens with one attached hydrogen (secondary N) is 1. The molecular weight excluding hydrogens is 451 g/mol. The zero-order valence-corrected chi connectivity index (χ0v) is 18.0. The van der Waals surface area contributed by atoms with Gasteiger partial charge >= 0.3 is 6.18 Å². The summed E-state index contributed by atoms with van der Waals surface area (Å²) in [5.41, 5.74) is 1.90. The Bertz CT molecular complexity index is 1320. The van der Waals surface area contributed by atoms with Crippen LogP contribution in [0, 0.1) is 0 Å². The Morgan fingerprint density at radius 3 is 2.52 bits per heavy atom. The molecule has 4 aromatic rings. The summed E-state index contributed by atoms with van der Waals surface area (Å²) < 4.78 is 41.4. The number of alkyl halides is 3. The summed E-state index contributed by atoms with van der Waals surface area (Å²) in [6.45, 7) is 0. The molecule has 0 atom stereocenters. The minimum Gasteiger partial charge on any atom is -0.310 e. The summed E-state index contributed by atoms with van der Waals surface area (Å²) in [5, 5.41) is 8.07. The molecule has 1 amide bonds. The number of benzene rings is 2. The number of nitrogens with zero attached hydrogens (tertiary/aromatic N) is 4. The second kappa shape index (κ2) is 8.51. The molecule has 6 nitrogen and oxygen atoms in total. The van der Waals surface area contributed by atoms with Gasteiger partial charge in [0, 0.05) is 17.4 Å². The Morgan fingerprint density at radius 2 is 1.79 bits per heavy atom. The molecule has 5 rings (SSSR count). The van der Waals surface area contributed by atoms with Crippen molar-refractivity contribution in [3.63, 3.8) is 0 Å². The predicted molar refractivity (Wildman–Crippen MR) is 119 cm³/mol. The van der Waals surface area contributed by atoms with Crippen LogP contribution in [0.25, 0.3) is 16.6 Å². The summed E-state index contributed by atoms with van der Waals surface area (Å²) in [5.74, 6) is -0.779. The lowest BCUT2D eigenvalue weighted by Crippen LogP contribution is -2.17. The van der Waals surface area contributed by atoms with E-state index in [9.17, 15) is 18.0 Å². The Balaban J connectivity index is 1.37. The number of hydrogen-bond donors (Lipinski definition) is 1. The number of hydrogen-bond acceptors (Lipinski definition) is 5. The fourth-order valence-corrected chi connectivity index (χ4v) is 4.25. The predicted octanol–water partition coefficient (Wildman–Crippen LogP) is 5.44. The van der Waals surface area contributed by atoms with E-state index in [4.69, 9.17) is 0 Å². The minimum atomic E-state index is -4.68. The highest BCUT2D eigenvalue weighted by molar-refractivity contribution is 8.00. The molecule has 0 aliphatic heterocycles. The van der Waals surface area contributed by atoms with Gasteiger partial charge in [-0.15, -0.1) is 0 Å². The van der Waals surface area contributed by atoms with Crippen molar-refractivity contribution < 1.29 is 18.0 Å². The summed E-state index contributed by atoms with van der Waals surface area (Å²) in [4.78, 5) is 20.0. The molecule has 1 saturated carbocycles. The van der Waals surface area contributed by atoms with Gasteiger partial charge in [0.2, 0.25) is 11.7 Å². The molecule has 1 N–H and O–H groups in total. The monoisotopic (exact) mass is 469 g/mol. The van der Waals surface area contributed by atoms with Crippen molar-refractivity contribution in [1.29, 1.82) is 0 Å². The maximum atomic E-state index is 13.2. The number of fused-ring (bicyclic) bond motifs is 1. The zero-order chi connectivity index (χ0) is 23.0. The van der Waals surface area contributed by atoms with Gasteiger partial charge in [-0.05, 0) is 31.0 Å². The second-order valence-electron chi connectivity index (χ2n) is 7.68. The highest BCUT2D eigenvalue weighted by Crippen LogP contribution is 2.40. The number of aromatic nitrogens is 4. The van der Waals surface area contributed by atoms with Gasteiger partial charge in [-0.1, -0.05) is 48.2 Å². The zero-order valence-electron chi connectivity index (χ0n) is 17.2. The molecule has 0 spiro atoms. The van der Waals surface area contributed by atoms with Crippen molar-refractivity contribution in [3.8, 4) is 5.69 Å². The van der Waals surface area contributed by atoms with E-state index in [2.05, 4.69) is 20.4 Å². The molecule has 10 heteroatoms. The Morgan fingerprint density at radius 1 is 1.06 bits per heavy atom. The van der Waals surface area contributed by atoms with Crippen molar-refractivity contribution in [3.05, 3.63) is 72.2 Å². The van der Waals surface area contributed by atoms with E-state index in [1.165, 1.54) is 6.07 Å². The highest BCUT2D eigenvalue weighted by Gasteiger charge is 2.35. The van der Waals surface area contributed by atoms with E-state index in [0.29, 0.717) is 17.1 Å². The van der Waals surface area contributed by atoms with Gasteiger partial charge in [-0.3, -0.25) is 4.79 Å². The largest absolute Gasteiger partial charge is 0.451 e. The van der Waals surface area contributed by atoms with Gasteiger partial charge < -0.3 is 5.32 Å². The average Bonchev–Trinajstić information content (AvgIpc) is 3.58. The Kier molecular flexibility index (Phi) is 5.53. The van der Waals surface area contributed by atoms with Crippen molar-refractivity contribution in [2.24, 2.45) is 0 Å². The number of thioether (sulfide) groups is 1. The lowest BCUT2D eigenvalue weighted by atomic mass is 10.2. The second-order valence-corrected chi connectivity index (χ2v) is 8.64. The molecule has 1 fully saturated rings. The minimum absolute atomic E-state index is 0.110. The van der Waals surface area contributed by atoms with Crippen LogP contribution in [0.1, 0.15) is 30.3 Å². The van der Waals surface area contributed by atoms with Crippen LogP contribution in [0.4, 0.5) is 19.0 Å². The van der Waals surface area contributed by atoms with Gasteiger partial charge in [0.05, 0.1) is 22.7 Å². The van der Waals surface area contributed by atoms with Crippen molar-refractivity contribution >= 4 is 34.4 Å². The SMILES string of the molecule is O=C(CSc1nc(C(F)(F)F)nc2ccccc12)Nc1cc(C2CC2)nn1-c1ccccc1. The van der Waals surface area contributed by atoms with E-state index < -0.39 is 12.0 Å². The number of carbonyl (C=O) groups is 1. The van der Waals surface area contributed by atoms with Gasteiger partial charge in [0.25, 0.3) is 0 Å². The number of carbonyl (C=O) groups excluding carboxylic acids is 1. The molecule has 0 unspecified atom stereocenters. The average molecular weight is 469 g/mol. The van der Waals surface area contributed by atoms with Crippen LogP contribution in [0.5, 0.6) is 0 Å². The lowest BCUT2D eigenvalue weighted by molar-refractivity contribution is -0.145. The fourth-order valence-electron chi connectivity index (χ4n) is 3.43. The van der Waals surface area contributed by atoms with E-state index in [1.54, 1.807) is 22.9 Å². The fraction of sp³-hybridized carbons (Fsp3) is 0.217. The summed E-state index contributed by atoms with van der Waals surface area (Å²) >= 11 is 0.942. The van der Waals surface area contributed by atoms with Gasteiger partial charge in [0.1, 0.15) is 10.8 Å². The van der Waals surface area contributed by atoms with Gasteiger partial charge in [-0.2, -0.15) is 18.3 Å². The van der Waals surface area contributed by atoms with E-state index in [-0.39, 0.29) is 22.2 Å². The molecule has 0 saturated heterocycles. The van der Waals surface area contributed by atoms with E-state index in [0.717, 1.165) is 36.0 Å². The van der Waals surface area contributed by atoms with Gasteiger partial charge in [-0.25, -0.2) is 14.6 Å². The third-order valence-electron chi connectivity index (χ3n) is 5.15. The molecule has 0 radical (unpaired) electrons. The first-order valence-corrected chi connectivity index (χ1v) is 11.3. The summed E-state index contributed by atoms with van der Waals surface area (Å²) in [6, 6.07) is 17.7. The standard InChI is InChI=1S/C23H18F3N5OS/c24-23(25,26)22-27-17-9-5-4-8-16(17)21(29-22)33-13-20(32)28-19-12-18(14-10-11-14)30-31(19)15-6-2-1-3-7-15/h1-9,12,14H,10-11,13H2,(H,28,32). The molecule has 2 aromatic heterocycles. The van der Waals surface area contributed by atoms with Crippen LogP contribution in [0.3, 0.4) is 0 Å². The third kappa shape index (κ3) is 4.70. The first kappa shape index (κ1) is 21.4. The molecule has 0 bridgehead atoms. The van der Waals surface area contributed by atoms with E-state index in [1.807, 2.05) is 36.4 Å². The van der Waals surface area contributed by atoms with Crippen LogP contribution in [-0.4, -0.2) is 31.4 Å². The molecule has 2 heterocycles. The number of rotatable bonds is 6. The van der Waals surface area contributed by atoms with E-state index >= 15 is 0 Å². The maximum Gasteiger partial charge on any atom is 0.451 e. The summed E-state index contributed by atoms with van der Waals surface area (Å²) in [7, 11) is 0. The molecule has 2 aromatic carbocycles. The molecular formula is C23H18F3N5OS. The van der Waals surface area contributed by atoms with Crippen molar-refractivity contribution in [2.45, 2.75) is 30.0 Å². The van der Waals surface area contributed by atoms with Crippen LogP contribution in [-0.2, 0) is 11.0 Å². The first-order valence-electron chi connectivity index (χ1n) is 10.3. The Hall–Kier alpha value is -3.40. The number of halogens is 3. The quantitative estimate of drug-likeness (QED) is 0.301. The normalized spacial score (nSPS) is 13.9. The number of amides is 1. The van der Waals surface area contributed by atoms with Crippen LogP contribution in [0.15, 0.2) is 65.7 Å². The van der Waals surface area contributed by atoms with Crippen LogP contribution in [0.2, 0.25) is 0 Å². The van der Waals surface area contributed by atoms with Crippen LogP contribution >= 0.6 is 11.8 Å². The summed E-state index contributed by atoms with van der Waals surface area (Å²) in [6.07, 6.45) is -2.54. The first-order chi connectivity index (χ1) is 15.9. The lowest BCUT2D eigenvalue weighted by Gasteiger charge is -2.11. The van der Waals surface area contributed by atoms with Crippen LogP contribution < -0.4 is 5.32 Å². The topological polar surface area (TPSA) is 72.7 Å². The molecule has 33 heavy (non-hydrogen) atoms. The smallest absolute Gasteiger partial charge is 0.310 e. The third-order valence-corrected chi connectivity index (χ3v) is 6.15. The Labute approximate surface area is 191 Å². The maximum absolute atomic E-state index is 13.2. The number of anilines is 1. The van der Waals surface area contributed by atoms with Crippen molar-refractivity contribution in [1.82, 2.24) is 19.7 Å². The number of para-hydroxylation sites is 2. The molecule has 168 valence electrons. The molecule has 1 aliphatic rings.